The van der Waals surface area contributed by atoms with E-state index in [1.165, 1.54) is 12.1 Å². The third-order valence-electron chi connectivity index (χ3n) is 3.35. The molecule has 0 saturated heterocycles. The zero-order valence-corrected chi connectivity index (χ0v) is 11.7. The summed E-state index contributed by atoms with van der Waals surface area (Å²) in [6.45, 7) is 0. The number of pyridine rings is 1. The zero-order valence-electron chi connectivity index (χ0n) is 10.9. The molecule has 1 heterocycles. The van der Waals surface area contributed by atoms with Gasteiger partial charge in [0.25, 0.3) is 0 Å². The van der Waals surface area contributed by atoms with E-state index in [0.29, 0.717) is 0 Å². The van der Waals surface area contributed by atoms with E-state index in [0.717, 1.165) is 36.6 Å². The fourth-order valence-electron chi connectivity index (χ4n) is 2.34. The second-order valence-corrected chi connectivity index (χ2v) is 5.19. The predicted octanol–water partition coefficient (Wildman–Crippen LogP) is 3.85. The van der Waals surface area contributed by atoms with Gasteiger partial charge < -0.3 is 9.84 Å². The van der Waals surface area contributed by atoms with Crippen molar-refractivity contribution in [2.75, 3.05) is 0 Å². The molecule has 0 atom stereocenters. The average molecular weight is 308 g/mol. The van der Waals surface area contributed by atoms with Crippen LogP contribution in [0.5, 0.6) is 11.6 Å². The summed E-state index contributed by atoms with van der Waals surface area (Å²) in [6.07, 6.45) is 2.58. The summed E-state index contributed by atoms with van der Waals surface area (Å²) in [6, 6.07) is 5.42. The minimum Gasteiger partial charge on any atom is -0.477 e. The lowest BCUT2D eigenvalue weighted by Crippen LogP contribution is -2.05. The second kappa shape index (κ2) is 5.33. The Labute approximate surface area is 125 Å². The van der Waals surface area contributed by atoms with Crippen LogP contribution in [0.1, 0.15) is 28.0 Å². The molecule has 0 radical (unpaired) electrons. The lowest BCUT2D eigenvalue weighted by Gasteiger charge is -2.10. The number of nitrogens with zero attached hydrogens (tertiary/aromatic N) is 1. The van der Waals surface area contributed by atoms with Crippen molar-refractivity contribution in [3.63, 3.8) is 0 Å². The van der Waals surface area contributed by atoms with Gasteiger partial charge in [0.2, 0.25) is 5.88 Å². The molecule has 0 amide bonds. The summed E-state index contributed by atoms with van der Waals surface area (Å²) >= 11 is 5.68. The normalized spacial score (nSPS) is 13.0. The summed E-state index contributed by atoms with van der Waals surface area (Å²) in [5.41, 5.74) is 1.79. The highest BCUT2D eigenvalue weighted by Gasteiger charge is 2.21. The molecular formula is C15H11ClFNO3. The highest BCUT2D eigenvalue weighted by atomic mass is 35.5. The van der Waals surface area contributed by atoms with Crippen LogP contribution in [-0.4, -0.2) is 16.1 Å². The number of hydrogen-bond acceptors (Lipinski definition) is 3. The van der Waals surface area contributed by atoms with E-state index in [2.05, 4.69) is 4.98 Å². The van der Waals surface area contributed by atoms with Crippen LogP contribution in [0.3, 0.4) is 0 Å². The zero-order chi connectivity index (χ0) is 15.0. The number of halogens is 2. The van der Waals surface area contributed by atoms with Gasteiger partial charge in [0.05, 0.1) is 5.02 Å². The standard InChI is InChI=1S/C15H11ClFNO3/c16-11-7-9(4-5-12(11)17)21-14-10(15(19)20)6-8-2-1-3-13(8)18-14/h4-7H,1-3H2,(H,19,20). The molecule has 0 bridgehead atoms. The van der Waals surface area contributed by atoms with E-state index < -0.39 is 11.8 Å². The fourth-order valence-corrected chi connectivity index (χ4v) is 2.51. The van der Waals surface area contributed by atoms with Gasteiger partial charge in [-0.05, 0) is 43.0 Å². The first-order chi connectivity index (χ1) is 10.0. The lowest BCUT2D eigenvalue weighted by atomic mass is 10.1. The second-order valence-electron chi connectivity index (χ2n) is 4.78. The Kier molecular flexibility index (Phi) is 3.51. The number of aromatic nitrogens is 1. The summed E-state index contributed by atoms with van der Waals surface area (Å²) < 4.78 is 18.6. The predicted molar refractivity (Wildman–Crippen MR) is 74.7 cm³/mol. The summed E-state index contributed by atoms with van der Waals surface area (Å²) in [7, 11) is 0. The molecular weight excluding hydrogens is 297 g/mol. The number of aryl methyl sites for hydroxylation is 2. The van der Waals surface area contributed by atoms with Gasteiger partial charge in [0.1, 0.15) is 17.1 Å². The third kappa shape index (κ3) is 2.69. The molecule has 108 valence electrons. The van der Waals surface area contributed by atoms with Crippen LogP contribution < -0.4 is 4.74 Å². The van der Waals surface area contributed by atoms with Gasteiger partial charge in [-0.2, -0.15) is 0 Å². The number of hydrogen-bond donors (Lipinski definition) is 1. The topological polar surface area (TPSA) is 59.4 Å². The van der Waals surface area contributed by atoms with Crippen molar-refractivity contribution >= 4 is 17.6 Å². The fraction of sp³-hybridized carbons (Fsp3) is 0.200. The van der Waals surface area contributed by atoms with E-state index in [-0.39, 0.29) is 22.2 Å². The smallest absolute Gasteiger partial charge is 0.341 e. The molecule has 4 nitrogen and oxygen atoms in total. The van der Waals surface area contributed by atoms with E-state index in [1.54, 1.807) is 6.07 Å². The van der Waals surface area contributed by atoms with E-state index >= 15 is 0 Å². The summed E-state index contributed by atoms with van der Waals surface area (Å²) in [4.78, 5) is 15.6. The Morgan fingerprint density at radius 3 is 2.86 bits per heavy atom. The van der Waals surface area contributed by atoms with Crippen LogP contribution in [-0.2, 0) is 12.8 Å². The number of benzene rings is 1. The number of fused-ring (bicyclic) bond motifs is 1. The van der Waals surface area contributed by atoms with E-state index in [9.17, 15) is 14.3 Å². The Hall–Kier alpha value is -2.14. The van der Waals surface area contributed by atoms with Crippen molar-refractivity contribution in [2.45, 2.75) is 19.3 Å². The van der Waals surface area contributed by atoms with Crippen molar-refractivity contribution in [1.29, 1.82) is 0 Å². The number of carbonyl (C=O) groups is 1. The van der Waals surface area contributed by atoms with Gasteiger partial charge in [-0.1, -0.05) is 11.6 Å². The first kappa shape index (κ1) is 13.8. The SMILES string of the molecule is O=C(O)c1cc2c(nc1Oc1ccc(F)c(Cl)c1)CCC2. The van der Waals surface area contributed by atoms with Gasteiger partial charge in [-0.3, -0.25) is 0 Å². The van der Waals surface area contributed by atoms with Crippen LogP contribution in [0, 0.1) is 5.82 Å². The van der Waals surface area contributed by atoms with Crippen molar-refractivity contribution in [1.82, 2.24) is 4.98 Å². The number of carboxylic acids is 1. The van der Waals surface area contributed by atoms with Crippen LogP contribution in [0.25, 0.3) is 0 Å². The van der Waals surface area contributed by atoms with Crippen molar-refractivity contribution in [3.05, 3.63) is 51.9 Å². The number of ether oxygens (including phenoxy) is 1. The maximum absolute atomic E-state index is 13.1. The first-order valence-corrected chi connectivity index (χ1v) is 6.81. The number of carboxylic acid groups (broad SMARTS) is 1. The monoisotopic (exact) mass is 307 g/mol. The van der Waals surface area contributed by atoms with Crippen LogP contribution in [0.15, 0.2) is 24.3 Å². The molecule has 1 N–H and O–H groups in total. The average Bonchev–Trinajstić information content (AvgIpc) is 2.89. The largest absolute Gasteiger partial charge is 0.477 e. The van der Waals surface area contributed by atoms with Crippen LogP contribution >= 0.6 is 11.6 Å². The van der Waals surface area contributed by atoms with Crippen molar-refractivity contribution in [2.24, 2.45) is 0 Å². The minimum atomic E-state index is -1.11. The van der Waals surface area contributed by atoms with Gasteiger partial charge in [-0.25, -0.2) is 14.2 Å². The summed E-state index contributed by atoms with van der Waals surface area (Å²) in [5.74, 6) is -1.43. The molecule has 1 aromatic carbocycles. The van der Waals surface area contributed by atoms with Gasteiger partial charge >= 0.3 is 5.97 Å². The first-order valence-electron chi connectivity index (χ1n) is 6.43. The molecule has 0 saturated carbocycles. The number of rotatable bonds is 3. The molecule has 0 aliphatic heterocycles. The van der Waals surface area contributed by atoms with Gasteiger partial charge in [-0.15, -0.1) is 0 Å². The molecule has 0 fully saturated rings. The Morgan fingerprint density at radius 2 is 2.14 bits per heavy atom. The number of aromatic carboxylic acids is 1. The highest BCUT2D eigenvalue weighted by Crippen LogP contribution is 2.31. The molecule has 0 unspecified atom stereocenters. The van der Waals surface area contributed by atoms with E-state index in [1.807, 2.05) is 0 Å². The third-order valence-corrected chi connectivity index (χ3v) is 3.64. The molecule has 1 aromatic heterocycles. The molecule has 21 heavy (non-hydrogen) atoms. The Bertz CT molecular complexity index is 733. The molecule has 3 rings (SSSR count). The maximum Gasteiger partial charge on any atom is 0.341 e. The highest BCUT2D eigenvalue weighted by molar-refractivity contribution is 6.30. The summed E-state index contributed by atoms with van der Waals surface area (Å²) in [5, 5.41) is 9.18. The van der Waals surface area contributed by atoms with Crippen molar-refractivity contribution < 1.29 is 19.0 Å². The van der Waals surface area contributed by atoms with Gasteiger partial charge in [0, 0.05) is 11.8 Å². The van der Waals surface area contributed by atoms with Crippen molar-refractivity contribution in [3.8, 4) is 11.6 Å². The lowest BCUT2D eigenvalue weighted by molar-refractivity contribution is 0.0693. The molecule has 6 heteroatoms. The molecule has 2 aromatic rings. The van der Waals surface area contributed by atoms with Gasteiger partial charge in [0.15, 0.2) is 0 Å². The minimum absolute atomic E-state index is 0.00361. The van der Waals surface area contributed by atoms with Crippen LogP contribution in [0.2, 0.25) is 5.02 Å². The van der Waals surface area contributed by atoms with E-state index in [4.69, 9.17) is 16.3 Å². The maximum atomic E-state index is 13.1. The quantitative estimate of drug-likeness (QED) is 0.935. The Morgan fingerprint density at radius 1 is 1.33 bits per heavy atom. The van der Waals surface area contributed by atoms with Crippen LogP contribution in [0.4, 0.5) is 4.39 Å². The molecule has 1 aliphatic rings. The Balaban J connectivity index is 2.01. The molecule has 0 spiro atoms. The molecule has 1 aliphatic carbocycles.